The molecule has 0 aliphatic rings. The molecule has 1 aromatic heterocycles. The number of ether oxygens (including phenoxy) is 6. The van der Waals surface area contributed by atoms with Crippen LogP contribution in [0.1, 0.15) is 88.8 Å². The third-order valence-electron chi connectivity index (χ3n) is 10.5. The highest BCUT2D eigenvalue weighted by atomic mass is 16.5. The Kier molecular flexibility index (Phi) is 17.3. The molecule has 0 spiro atoms. The molecule has 0 saturated carbocycles. The molecule has 0 amide bonds. The molecule has 10 heteroatoms. The van der Waals surface area contributed by atoms with Crippen molar-refractivity contribution in [3.63, 3.8) is 0 Å². The molecule has 0 unspecified atom stereocenters. The lowest BCUT2D eigenvalue weighted by Crippen LogP contribution is -2.17. The topological polar surface area (TPSA) is 118 Å². The van der Waals surface area contributed by atoms with Gasteiger partial charge in [0.25, 0.3) is 0 Å². The van der Waals surface area contributed by atoms with Crippen molar-refractivity contribution < 1.29 is 38.0 Å². The number of hydrogen-bond donors (Lipinski definition) is 1. The predicted molar refractivity (Wildman–Crippen MR) is 250 cm³/mol. The van der Waals surface area contributed by atoms with Crippen LogP contribution in [0.3, 0.4) is 0 Å². The number of aryl methyl sites for hydroxylation is 2. The van der Waals surface area contributed by atoms with Gasteiger partial charge in [-0.25, -0.2) is 9.59 Å². The lowest BCUT2D eigenvalue weighted by atomic mass is 10.1. The van der Waals surface area contributed by atoms with Crippen molar-refractivity contribution in [2.75, 3.05) is 39.6 Å². The Bertz CT molecular complexity index is 2430. The monoisotopic (exact) mass is 850 g/mol. The number of nitrogens with one attached hydrogen (secondary N) is 1. The van der Waals surface area contributed by atoms with Crippen LogP contribution in [-0.4, -0.2) is 62.0 Å². The summed E-state index contributed by atoms with van der Waals surface area (Å²) in [6.45, 7) is 15.1. The van der Waals surface area contributed by atoms with Gasteiger partial charge in [0.1, 0.15) is 28.8 Å². The molecule has 6 rings (SSSR count). The summed E-state index contributed by atoms with van der Waals surface area (Å²) in [6.07, 6.45) is 11.5. The molecular formula is C53H58N2O8. The first-order valence-corrected chi connectivity index (χ1v) is 21.8. The Morgan fingerprint density at radius 2 is 0.984 bits per heavy atom. The molecule has 1 N–H and O–H groups in total. The third-order valence-corrected chi connectivity index (χ3v) is 10.5. The van der Waals surface area contributed by atoms with Crippen LogP contribution in [-0.2, 0) is 9.47 Å². The number of unbranched alkanes of at least 4 members (excludes halogenated alkanes) is 6. The van der Waals surface area contributed by atoms with Crippen LogP contribution in [0.25, 0.3) is 21.8 Å². The minimum Gasteiger partial charge on any atom is -0.494 e. The summed E-state index contributed by atoms with van der Waals surface area (Å²) in [5.74, 6) is 0.487. The minimum atomic E-state index is -0.608. The van der Waals surface area contributed by atoms with E-state index >= 15 is 0 Å². The molecule has 10 nitrogen and oxygen atoms in total. The van der Waals surface area contributed by atoms with Crippen molar-refractivity contribution in [1.82, 2.24) is 4.57 Å². The van der Waals surface area contributed by atoms with E-state index in [1.165, 1.54) is 0 Å². The normalized spacial score (nSPS) is 11.1. The third kappa shape index (κ3) is 13.0. The van der Waals surface area contributed by atoms with Crippen molar-refractivity contribution in [3.05, 3.63) is 156 Å². The number of carbonyl (C=O) groups excluding carboxylic acids is 2. The van der Waals surface area contributed by atoms with Crippen LogP contribution < -0.4 is 18.9 Å². The van der Waals surface area contributed by atoms with Crippen molar-refractivity contribution in [2.45, 2.75) is 65.2 Å². The van der Waals surface area contributed by atoms with Gasteiger partial charge in [-0.05, 0) is 143 Å². The number of rotatable bonds is 25. The quantitative estimate of drug-likeness (QED) is 0.0151. The molecule has 6 aromatic rings. The molecule has 0 atom stereocenters. The lowest BCUT2D eigenvalue weighted by Gasteiger charge is -2.16. The highest BCUT2D eigenvalue weighted by Crippen LogP contribution is 2.34. The average molecular weight is 851 g/mol. The SMILES string of the molecule is C=CCOCCCCCCOc1ccc(C(=O)Oc2ccc(OC(=O)c3ccc(OCCCCCCOCC=C)cc3)c(C(=N)n3c4ccc(C)cc4c4cc(C)ccc43)c2)cc1. The Labute approximate surface area is 370 Å². The highest BCUT2D eigenvalue weighted by molar-refractivity contribution is 6.18. The summed E-state index contributed by atoms with van der Waals surface area (Å²) in [5, 5.41) is 11.7. The van der Waals surface area contributed by atoms with Gasteiger partial charge in [-0.3, -0.25) is 9.98 Å². The number of fused-ring (bicyclic) bond motifs is 3. The van der Waals surface area contributed by atoms with Gasteiger partial charge in [-0.15, -0.1) is 13.2 Å². The largest absolute Gasteiger partial charge is 0.494 e. The Morgan fingerprint density at radius 3 is 1.46 bits per heavy atom. The van der Waals surface area contributed by atoms with Crippen LogP contribution >= 0.6 is 0 Å². The van der Waals surface area contributed by atoms with E-state index in [9.17, 15) is 15.0 Å². The van der Waals surface area contributed by atoms with E-state index in [-0.39, 0.29) is 22.9 Å². The standard InChI is InChI=1S/C53H58N2O8/c1-5-29-58-31-11-7-9-13-33-60-42-21-17-40(18-22-42)52(56)62-44-25-28-50(63-53(57)41-19-23-43(24-20-41)61-34-14-10-8-12-32-59-30-6-2)47(37-44)51(54)55-48-26-15-38(3)35-45(48)46-36-39(4)16-27-49(46)55/h5-6,15-28,35-37,54H,1-2,7-14,29-34H2,3-4H3. The van der Waals surface area contributed by atoms with Crippen molar-refractivity contribution >= 4 is 39.6 Å². The van der Waals surface area contributed by atoms with Gasteiger partial charge < -0.3 is 28.4 Å². The van der Waals surface area contributed by atoms with Crippen LogP contribution in [0.4, 0.5) is 0 Å². The summed E-state index contributed by atoms with van der Waals surface area (Å²) in [5.41, 5.74) is 4.72. The van der Waals surface area contributed by atoms with Gasteiger partial charge in [0.05, 0.1) is 54.2 Å². The number of aromatic nitrogens is 1. The summed E-state index contributed by atoms with van der Waals surface area (Å²) in [4.78, 5) is 27.2. The maximum absolute atomic E-state index is 13.7. The van der Waals surface area contributed by atoms with Gasteiger partial charge >= 0.3 is 11.9 Å². The number of carbonyl (C=O) groups is 2. The number of benzene rings is 5. The second-order valence-corrected chi connectivity index (χ2v) is 15.5. The van der Waals surface area contributed by atoms with Gasteiger partial charge in [0.15, 0.2) is 0 Å². The summed E-state index contributed by atoms with van der Waals surface area (Å²) < 4.78 is 36.4. The van der Waals surface area contributed by atoms with E-state index in [4.69, 9.17) is 28.4 Å². The Hall–Kier alpha value is -6.49. The second-order valence-electron chi connectivity index (χ2n) is 15.5. The molecule has 0 fully saturated rings. The van der Waals surface area contributed by atoms with Gasteiger partial charge in [-0.1, -0.05) is 48.3 Å². The maximum atomic E-state index is 13.7. The summed E-state index contributed by atoms with van der Waals surface area (Å²) in [7, 11) is 0. The molecule has 63 heavy (non-hydrogen) atoms. The number of hydrogen-bond acceptors (Lipinski definition) is 9. The van der Waals surface area contributed by atoms with Crippen LogP contribution in [0, 0.1) is 19.3 Å². The molecule has 328 valence electrons. The molecule has 0 radical (unpaired) electrons. The Balaban J connectivity index is 1.16. The van der Waals surface area contributed by atoms with Crippen molar-refractivity contribution in [1.29, 1.82) is 5.41 Å². The van der Waals surface area contributed by atoms with E-state index in [1.54, 1.807) is 78.9 Å². The first-order valence-electron chi connectivity index (χ1n) is 21.8. The Morgan fingerprint density at radius 1 is 0.540 bits per heavy atom. The van der Waals surface area contributed by atoms with Gasteiger partial charge in [0.2, 0.25) is 0 Å². The van der Waals surface area contributed by atoms with Crippen LogP contribution in [0.5, 0.6) is 23.0 Å². The van der Waals surface area contributed by atoms with E-state index in [0.29, 0.717) is 49.1 Å². The van der Waals surface area contributed by atoms with E-state index < -0.39 is 11.9 Å². The highest BCUT2D eigenvalue weighted by Gasteiger charge is 2.22. The fourth-order valence-corrected chi connectivity index (χ4v) is 7.19. The van der Waals surface area contributed by atoms with Crippen molar-refractivity contribution in [2.24, 2.45) is 0 Å². The minimum absolute atomic E-state index is 0.0407. The lowest BCUT2D eigenvalue weighted by molar-refractivity contribution is 0.0719. The zero-order chi connectivity index (χ0) is 44.4. The van der Waals surface area contributed by atoms with E-state index in [0.717, 1.165) is 97.5 Å². The van der Waals surface area contributed by atoms with Gasteiger partial charge in [-0.2, -0.15) is 0 Å². The molecule has 5 aromatic carbocycles. The average Bonchev–Trinajstić information content (AvgIpc) is 3.60. The summed E-state index contributed by atoms with van der Waals surface area (Å²) in [6, 6.07) is 30.5. The molecule has 1 heterocycles. The predicted octanol–water partition coefficient (Wildman–Crippen LogP) is 12.0. The zero-order valence-electron chi connectivity index (χ0n) is 36.5. The fourth-order valence-electron chi connectivity index (χ4n) is 7.19. The number of esters is 2. The van der Waals surface area contributed by atoms with Gasteiger partial charge in [0, 0.05) is 24.0 Å². The van der Waals surface area contributed by atoms with Crippen LogP contribution in [0.15, 0.2) is 128 Å². The van der Waals surface area contributed by atoms with Crippen LogP contribution in [0.2, 0.25) is 0 Å². The molecule has 0 bridgehead atoms. The smallest absolute Gasteiger partial charge is 0.343 e. The van der Waals surface area contributed by atoms with Crippen molar-refractivity contribution in [3.8, 4) is 23.0 Å². The first kappa shape index (κ1) is 46.0. The second kappa shape index (κ2) is 23.7. The molecule has 0 aliphatic heterocycles. The van der Waals surface area contributed by atoms with E-state index in [2.05, 4.69) is 25.3 Å². The van der Waals surface area contributed by atoms with E-state index in [1.807, 2.05) is 42.7 Å². The fraction of sp³-hybridized carbons (Fsp3) is 0.302. The molecular weight excluding hydrogens is 793 g/mol. The summed E-state index contributed by atoms with van der Waals surface area (Å²) >= 11 is 0. The first-order chi connectivity index (χ1) is 30.7. The molecule has 0 saturated heterocycles. The zero-order valence-corrected chi connectivity index (χ0v) is 36.5. The molecule has 0 aliphatic carbocycles. The number of nitrogens with zero attached hydrogens (tertiary/aromatic N) is 1. The maximum Gasteiger partial charge on any atom is 0.343 e.